The largest absolute Gasteiger partial charge is 0.357 e. The van der Waals surface area contributed by atoms with Crippen molar-refractivity contribution in [1.82, 2.24) is 4.98 Å². The van der Waals surface area contributed by atoms with Crippen LogP contribution >= 0.6 is 11.8 Å². The molecule has 0 saturated carbocycles. The third-order valence-corrected chi connectivity index (χ3v) is 6.03. The molecule has 0 bridgehead atoms. The van der Waals surface area contributed by atoms with Gasteiger partial charge in [0.1, 0.15) is 5.82 Å². The van der Waals surface area contributed by atoms with Gasteiger partial charge in [0, 0.05) is 36.6 Å². The van der Waals surface area contributed by atoms with Gasteiger partial charge in [-0.2, -0.15) is 0 Å². The minimum absolute atomic E-state index is 0.0130. The number of thioether (sulfide) groups is 1. The lowest BCUT2D eigenvalue weighted by molar-refractivity contribution is -0.122. The lowest BCUT2D eigenvalue weighted by Gasteiger charge is -2.18. The van der Waals surface area contributed by atoms with Gasteiger partial charge in [-0.15, -0.1) is 11.8 Å². The molecule has 3 heterocycles. The van der Waals surface area contributed by atoms with Crippen LogP contribution in [0.5, 0.6) is 0 Å². The van der Waals surface area contributed by atoms with E-state index in [0.717, 1.165) is 29.5 Å². The third-order valence-electron chi connectivity index (χ3n) is 5.31. The topological polar surface area (TPSA) is 65.5 Å². The predicted molar refractivity (Wildman–Crippen MR) is 113 cm³/mol. The molecule has 0 unspecified atom stereocenters. The molecule has 1 aromatic carbocycles. The summed E-state index contributed by atoms with van der Waals surface area (Å²) >= 11 is 1.63. The third kappa shape index (κ3) is 3.99. The number of hydrogen-bond donors (Lipinski definition) is 1. The van der Waals surface area contributed by atoms with Crippen molar-refractivity contribution in [3.05, 3.63) is 42.6 Å². The van der Waals surface area contributed by atoms with Crippen molar-refractivity contribution in [2.24, 2.45) is 5.92 Å². The number of pyridine rings is 1. The Morgan fingerprint density at radius 2 is 2.04 bits per heavy atom. The molecule has 1 N–H and O–H groups in total. The average molecular weight is 397 g/mol. The standard InChI is InChI=1S/C21H24N4O2S/c1-28-18-6-4-5-17(12-18)25-14-15(11-20(25)26)21(27)23-16-7-8-19(22-13-16)24-9-2-3-10-24/h4-8,12-13,15H,2-3,9-11,14H2,1H3,(H,23,27)/t15-/m0/s1. The monoisotopic (exact) mass is 396 g/mol. The minimum atomic E-state index is -0.358. The van der Waals surface area contributed by atoms with Crippen molar-refractivity contribution in [2.75, 3.05) is 41.0 Å². The zero-order chi connectivity index (χ0) is 19.5. The summed E-state index contributed by atoms with van der Waals surface area (Å²) in [6, 6.07) is 11.7. The predicted octanol–water partition coefficient (Wildman–Crippen LogP) is 3.40. The molecule has 6 nitrogen and oxygen atoms in total. The number of benzene rings is 1. The Morgan fingerprint density at radius 1 is 1.21 bits per heavy atom. The highest BCUT2D eigenvalue weighted by Crippen LogP contribution is 2.29. The lowest BCUT2D eigenvalue weighted by atomic mass is 10.1. The van der Waals surface area contributed by atoms with Gasteiger partial charge in [-0.25, -0.2) is 4.98 Å². The maximum absolute atomic E-state index is 12.7. The van der Waals surface area contributed by atoms with E-state index < -0.39 is 0 Å². The summed E-state index contributed by atoms with van der Waals surface area (Å²) in [5.41, 5.74) is 1.52. The molecule has 2 aromatic rings. The van der Waals surface area contributed by atoms with Gasteiger partial charge in [-0.05, 0) is 49.4 Å². The van der Waals surface area contributed by atoms with Gasteiger partial charge >= 0.3 is 0 Å². The molecule has 146 valence electrons. The number of anilines is 3. The molecule has 2 fully saturated rings. The highest BCUT2D eigenvalue weighted by atomic mass is 32.2. The number of nitrogens with zero attached hydrogens (tertiary/aromatic N) is 3. The van der Waals surface area contributed by atoms with E-state index in [1.165, 1.54) is 12.8 Å². The first kappa shape index (κ1) is 18.8. The van der Waals surface area contributed by atoms with Crippen molar-refractivity contribution in [3.8, 4) is 0 Å². The van der Waals surface area contributed by atoms with Gasteiger partial charge in [0.15, 0.2) is 0 Å². The smallest absolute Gasteiger partial charge is 0.229 e. The summed E-state index contributed by atoms with van der Waals surface area (Å²) in [6.07, 6.45) is 6.33. The van der Waals surface area contributed by atoms with Crippen LogP contribution in [0.25, 0.3) is 0 Å². The number of carbonyl (C=O) groups is 2. The Balaban J connectivity index is 1.39. The molecule has 0 aliphatic carbocycles. The van der Waals surface area contributed by atoms with E-state index in [-0.39, 0.29) is 24.2 Å². The molecule has 0 radical (unpaired) electrons. The fourth-order valence-electron chi connectivity index (χ4n) is 3.75. The summed E-state index contributed by atoms with van der Waals surface area (Å²) in [7, 11) is 0. The summed E-state index contributed by atoms with van der Waals surface area (Å²) in [5.74, 6) is 0.448. The van der Waals surface area contributed by atoms with Gasteiger partial charge in [0.25, 0.3) is 0 Å². The average Bonchev–Trinajstić information content (AvgIpc) is 3.39. The summed E-state index contributed by atoms with van der Waals surface area (Å²) in [5, 5.41) is 2.91. The van der Waals surface area contributed by atoms with Gasteiger partial charge in [-0.1, -0.05) is 6.07 Å². The maximum Gasteiger partial charge on any atom is 0.229 e. The van der Waals surface area contributed by atoms with Crippen LogP contribution in [0.4, 0.5) is 17.2 Å². The summed E-state index contributed by atoms with van der Waals surface area (Å²) in [4.78, 5) is 34.7. The Labute approximate surface area is 169 Å². The molecule has 2 amide bonds. The van der Waals surface area contributed by atoms with E-state index in [2.05, 4.69) is 15.2 Å². The molecular formula is C21H24N4O2S. The van der Waals surface area contributed by atoms with E-state index in [4.69, 9.17) is 0 Å². The number of aromatic nitrogens is 1. The number of hydrogen-bond acceptors (Lipinski definition) is 5. The number of carbonyl (C=O) groups excluding carboxylic acids is 2. The lowest BCUT2D eigenvalue weighted by Crippen LogP contribution is -2.28. The van der Waals surface area contributed by atoms with E-state index in [1.54, 1.807) is 22.9 Å². The van der Waals surface area contributed by atoms with Crippen LogP contribution in [0, 0.1) is 5.92 Å². The van der Waals surface area contributed by atoms with Crippen LogP contribution in [-0.4, -0.2) is 42.7 Å². The quantitative estimate of drug-likeness (QED) is 0.785. The Kier molecular flexibility index (Phi) is 5.52. The van der Waals surface area contributed by atoms with E-state index in [9.17, 15) is 9.59 Å². The second kappa shape index (κ2) is 8.22. The van der Waals surface area contributed by atoms with Crippen LogP contribution < -0.4 is 15.1 Å². The van der Waals surface area contributed by atoms with Crippen LogP contribution in [0.15, 0.2) is 47.5 Å². The zero-order valence-electron chi connectivity index (χ0n) is 15.9. The van der Waals surface area contributed by atoms with Gasteiger partial charge in [0.2, 0.25) is 11.8 Å². The first-order valence-electron chi connectivity index (χ1n) is 9.60. The molecule has 1 aromatic heterocycles. The van der Waals surface area contributed by atoms with E-state index >= 15 is 0 Å². The Bertz CT molecular complexity index is 865. The van der Waals surface area contributed by atoms with Crippen LogP contribution in [0.1, 0.15) is 19.3 Å². The molecular weight excluding hydrogens is 372 g/mol. The van der Waals surface area contributed by atoms with E-state index in [1.807, 2.05) is 42.7 Å². The second-order valence-electron chi connectivity index (χ2n) is 7.20. The number of nitrogens with one attached hydrogen (secondary N) is 1. The first-order valence-corrected chi connectivity index (χ1v) is 10.8. The highest BCUT2D eigenvalue weighted by Gasteiger charge is 2.35. The Morgan fingerprint density at radius 3 is 2.75 bits per heavy atom. The summed E-state index contributed by atoms with van der Waals surface area (Å²) in [6.45, 7) is 2.48. The SMILES string of the molecule is CSc1cccc(N2C[C@@H](C(=O)Nc3ccc(N4CCCC4)nc3)CC2=O)c1. The van der Waals surface area contributed by atoms with E-state index in [0.29, 0.717) is 12.2 Å². The fraction of sp³-hybridized carbons (Fsp3) is 0.381. The zero-order valence-corrected chi connectivity index (χ0v) is 16.7. The van der Waals surface area contributed by atoms with Crippen molar-refractivity contribution in [2.45, 2.75) is 24.2 Å². The van der Waals surface area contributed by atoms with Crippen molar-refractivity contribution in [1.29, 1.82) is 0 Å². The van der Waals surface area contributed by atoms with Gasteiger partial charge in [-0.3, -0.25) is 9.59 Å². The molecule has 2 aliphatic rings. The highest BCUT2D eigenvalue weighted by molar-refractivity contribution is 7.98. The fourth-order valence-corrected chi connectivity index (χ4v) is 4.20. The number of rotatable bonds is 5. The Hall–Kier alpha value is -2.54. The minimum Gasteiger partial charge on any atom is -0.357 e. The molecule has 1 atom stereocenters. The molecule has 0 spiro atoms. The second-order valence-corrected chi connectivity index (χ2v) is 8.08. The van der Waals surface area contributed by atoms with Crippen LogP contribution in [0.2, 0.25) is 0 Å². The molecule has 2 aliphatic heterocycles. The first-order chi connectivity index (χ1) is 13.6. The molecule has 2 saturated heterocycles. The molecule has 28 heavy (non-hydrogen) atoms. The van der Waals surface area contributed by atoms with Gasteiger partial charge in [0.05, 0.1) is 17.8 Å². The van der Waals surface area contributed by atoms with Gasteiger partial charge < -0.3 is 15.1 Å². The molecule has 7 heteroatoms. The summed E-state index contributed by atoms with van der Waals surface area (Å²) < 4.78 is 0. The van der Waals surface area contributed by atoms with Crippen molar-refractivity contribution in [3.63, 3.8) is 0 Å². The van der Waals surface area contributed by atoms with Crippen LogP contribution in [0.3, 0.4) is 0 Å². The van der Waals surface area contributed by atoms with Crippen LogP contribution in [-0.2, 0) is 9.59 Å². The van der Waals surface area contributed by atoms with Crippen molar-refractivity contribution < 1.29 is 9.59 Å². The van der Waals surface area contributed by atoms with Crippen molar-refractivity contribution >= 4 is 40.8 Å². The number of amides is 2. The molecule has 4 rings (SSSR count). The maximum atomic E-state index is 12.7. The normalized spacial score (nSPS) is 19.3.